The molecule has 1 unspecified atom stereocenters. The second kappa shape index (κ2) is 14.0. The molecule has 0 spiro atoms. The van der Waals surface area contributed by atoms with Crippen molar-refractivity contribution in [3.8, 4) is 0 Å². The standard InChI is InChI=1S/C26H44O8SSi/c1-7-21(20-26(2,3)33-25(27)14-11-19-36(30-4,31-5)32-6)22-15-17-24(18-16-22)35(28,29)34-23-12-9-8-10-13-23/h15-18,21,23H,7-14,19-20H2,1-6H3. The lowest BCUT2D eigenvalue weighted by Crippen LogP contribution is -2.42. The average Bonchev–Trinajstić information content (AvgIpc) is 2.85. The molecule has 0 bridgehead atoms. The molecular weight excluding hydrogens is 500 g/mol. The number of hydrogen-bond acceptors (Lipinski definition) is 8. The van der Waals surface area contributed by atoms with E-state index in [9.17, 15) is 13.2 Å². The minimum Gasteiger partial charge on any atom is -0.460 e. The number of ether oxygens (including phenoxy) is 1. The molecule has 1 fully saturated rings. The summed E-state index contributed by atoms with van der Waals surface area (Å²) in [6.45, 7) is 5.88. The van der Waals surface area contributed by atoms with E-state index >= 15 is 0 Å². The van der Waals surface area contributed by atoms with Crippen molar-refractivity contribution in [1.82, 2.24) is 0 Å². The molecule has 2 rings (SSSR count). The van der Waals surface area contributed by atoms with Gasteiger partial charge in [-0.1, -0.05) is 38.3 Å². The molecule has 1 aromatic carbocycles. The fourth-order valence-corrected chi connectivity index (χ4v) is 7.65. The predicted octanol–water partition coefficient (Wildman–Crippen LogP) is 5.59. The summed E-state index contributed by atoms with van der Waals surface area (Å²) in [4.78, 5) is 12.7. The number of rotatable bonds is 15. The van der Waals surface area contributed by atoms with Crippen molar-refractivity contribution in [3.63, 3.8) is 0 Å². The third-order valence-corrected chi connectivity index (χ3v) is 11.1. The molecule has 8 nitrogen and oxygen atoms in total. The van der Waals surface area contributed by atoms with E-state index in [0.29, 0.717) is 18.9 Å². The van der Waals surface area contributed by atoms with Crippen LogP contribution < -0.4 is 0 Å². The maximum Gasteiger partial charge on any atom is 0.500 e. The van der Waals surface area contributed by atoms with Crippen molar-refractivity contribution in [3.05, 3.63) is 29.8 Å². The van der Waals surface area contributed by atoms with Gasteiger partial charge in [0.2, 0.25) is 0 Å². The molecule has 206 valence electrons. The molecule has 0 heterocycles. The lowest BCUT2D eigenvalue weighted by atomic mass is 9.86. The van der Waals surface area contributed by atoms with Gasteiger partial charge in [-0.25, -0.2) is 0 Å². The second-order valence-electron chi connectivity index (χ2n) is 10.1. The van der Waals surface area contributed by atoms with Crippen LogP contribution in [0.4, 0.5) is 0 Å². The summed E-state index contributed by atoms with van der Waals surface area (Å²) < 4.78 is 52.9. The molecule has 1 atom stereocenters. The fraction of sp³-hybridized carbons (Fsp3) is 0.731. The van der Waals surface area contributed by atoms with Gasteiger partial charge in [-0.15, -0.1) is 0 Å². The van der Waals surface area contributed by atoms with Gasteiger partial charge in [0.15, 0.2) is 0 Å². The molecular formula is C26H44O8SSi. The van der Waals surface area contributed by atoms with E-state index in [4.69, 9.17) is 22.2 Å². The summed E-state index contributed by atoms with van der Waals surface area (Å²) in [5.74, 6) is -0.165. The van der Waals surface area contributed by atoms with Crippen LogP contribution in [-0.2, 0) is 37.1 Å². The molecule has 0 amide bonds. The van der Waals surface area contributed by atoms with E-state index in [0.717, 1.165) is 44.1 Å². The largest absolute Gasteiger partial charge is 0.500 e. The van der Waals surface area contributed by atoms with Gasteiger partial charge in [-0.2, -0.15) is 8.42 Å². The summed E-state index contributed by atoms with van der Waals surface area (Å²) in [5, 5.41) is 0. The Bertz CT molecular complexity index is 898. The Labute approximate surface area is 218 Å². The third kappa shape index (κ3) is 9.22. The first-order chi connectivity index (χ1) is 17.0. The van der Waals surface area contributed by atoms with Gasteiger partial charge in [0.1, 0.15) is 5.60 Å². The Hall–Kier alpha value is -1.30. The highest BCUT2D eigenvalue weighted by atomic mass is 32.2. The number of benzene rings is 1. The monoisotopic (exact) mass is 544 g/mol. The van der Waals surface area contributed by atoms with Gasteiger partial charge in [0.25, 0.3) is 10.1 Å². The Morgan fingerprint density at radius 3 is 2.14 bits per heavy atom. The average molecular weight is 545 g/mol. The molecule has 1 aromatic rings. The zero-order chi connectivity index (χ0) is 26.8. The van der Waals surface area contributed by atoms with E-state index in [-0.39, 0.29) is 29.3 Å². The topological polar surface area (TPSA) is 97.4 Å². The quantitative estimate of drug-likeness (QED) is 0.160. The fourth-order valence-electron chi connectivity index (χ4n) is 4.80. The summed E-state index contributed by atoms with van der Waals surface area (Å²) >= 11 is 0. The maximum atomic E-state index is 12.7. The highest BCUT2D eigenvalue weighted by Crippen LogP contribution is 2.33. The summed E-state index contributed by atoms with van der Waals surface area (Å²) in [5.41, 5.74) is 0.333. The van der Waals surface area contributed by atoms with Crippen LogP contribution in [0.5, 0.6) is 0 Å². The highest BCUT2D eigenvalue weighted by Gasteiger charge is 2.37. The molecule has 0 saturated heterocycles. The van der Waals surface area contributed by atoms with Crippen molar-refractivity contribution in [2.24, 2.45) is 0 Å². The van der Waals surface area contributed by atoms with Crippen LogP contribution in [0.3, 0.4) is 0 Å². The third-order valence-electron chi connectivity index (χ3n) is 6.87. The Balaban J connectivity index is 1.94. The SMILES string of the molecule is CCC(CC(C)(C)OC(=O)CCC[Si](OC)(OC)OC)c1ccc(S(=O)(=O)OC2CCCCC2)cc1. The first kappa shape index (κ1) is 30.9. The number of carbonyl (C=O) groups excluding carboxylic acids is 1. The summed E-state index contributed by atoms with van der Waals surface area (Å²) in [6, 6.07) is 7.45. The molecule has 1 aliphatic rings. The molecule has 10 heteroatoms. The first-order valence-corrected chi connectivity index (χ1v) is 16.2. The first-order valence-electron chi connectivity index (χ1n) is 12.9. The van der Waals surface area contributed by atoms with Crippen molar-refractivity contribution < 1.29 is 35.4 Å². The van der Waals surface area contributed by atoms with Gasteiger partial charge < -0.3 is 18.0 Å². The van der Waals surface area contributed by atoms with E-state index in [2.05, 4.69) is 6.92 Å². The smallest absolute Gasteiger partial charge is 0.460 e. The molecule has 0 radical (unpaired) electrons. The summed E-state index contributed by atoms with van der Waals surface area (Å²) in [7, 11) is -1.83. The van der Waals surface area contributed by atoms with Crippen molar-refractivity contribution in [2.45, 2.75) is 107 Å². The van der Waals surface area contributed by atoms with Crippen LogP contribution >= 0.6 is 0 Å². The van der Waals surface area contributed by atoms with Crippen LogP contribution in [0.25, 0.3) is 0 Å². The molecule has 1 saturated carbocycles. The molecule has 1 aliphatic carbocycles. The second-order valence-corrected chi connectivity index (χ2v) is 14.7. The van der Waals surface area contributed by atoms with Crippen molar-refractivity contribution >= 4 is 24.9 Å². The van der Waals surface area contributed by atoms with Gasteiger partial charge >= 0.3 is 14.8 Å². The van der Waals surface area contributed by atoms with E-state index < -0.39 is 24.5 Å². The van der Waals surface area contributed by atoms with Gasteiger partial charge in [-0.3, -0.25) is 8.98 Å². The van der Waals surface area contributed by atoms with Gasteiger partial charge in [0.05, 0.1) is 11.0 Å². The lowest BCUT2D eigenvalue weighted by molar-refractivity contribution is -0.157. The van der Waals surface area contributed by atoms with Crippen molar-refractivity contribution in [2.75, 3.05) is 21.3 Å². The van der Waals surface area contributed by atoms with Crippen LogP contribution in [0, 0.1) is 0 Å². The number of esters is 1. The number of carbonyl (C=O) groups is 1. The van der Waals surface area contributed by atoms with Gasteiger partial charge in [0, 0.05) is 33.8 Å². The highest BCUT2D eigenvalue weighted by molar-refractivity contribution is 7.86. The molecule has 36 heavy (non-hydrogen) atoms. The van der Waals surface area contributed by atoms with E-state index in [1.807, 2.05) is 26.0 Å². The Morgan fingerprint density at radius 2 is 1.61 bits per heavy atom. The lowest BCUT2D eigenvalue weighted by Gasteiger charge is -2.30. The van der Waals surface area contributed by atoms with Gasteiger partial charge in [-0.05, 0) is 69.6 Å². The normalized spacial score (nSPS) is 16.6. The summed E-state index contributed by atoms with van der Waals surface area (Å²) in [6.07, 6.45) is 6.75. The van der Waals surface area contributed by atoms with Crippen molar-refractivity contribution in [1.29, 1.82) is 0 Å². The zero-order valence-electron chi connectivity index (χ0n) is 22.7. The molecule has 0 aliphatic heterocycles. The zero-order valence-corrected chi connectivity index (χ0v) is 24.5. The minimum absolute atomic E-state index is 0.111. The Kier molecular flexibility index (Phi) is 12.0. The van der Waals surface area contributed by atoms with Crippen LogP contribution in [0.2, 0.25) is 6.04 Å². The van der Waals surface area contributed by atoms with Crippen LogP contribution in [0.15, 0.2) is 29.2 Å². The Morgan fingerprint density at radius 1 is 1.03 bits per heavy atom. The minimum atomic E-state index is -3.78. The van der Waals surface area contributed by atoms with E-state index in [1.54, 1.807) is 33.5 Å². The molecule has 0 aromatic heterocycles. The van der Waals surface area contributed by atoms with Crippen LogP contribution in [-0.4, -0.2) is 56.2 Å². The molecule has 0 N–H and O–H groups in total. The number of hydrogen-bond donors (Lipinski definition) is 0. The maximum absolute atomic E-state index is 12.7. The van der Waals surface area contributed by atoms with E-state index in [1.165, 1.54) is 0 Å². The predicted molar refractivity (Wildman–Crippen MR) is 140 cm³/mol. The van der Waals surface area contributed by atoms with Crippen LogP contribution in [0.1, 0.15) is 90.0 Å².